The number of ether oxygens (including phenoxy) is 1. The highest BCUT2D eigenvalue weighted by molar-refractivity contribution is 6.31. The van der Waals surface area contributed by atoms with Gasteiger partial charge in [-0.05, 0) is 38.5 Å². The molecule has 0 spiro atoms. The third-order valence-corrected chi connectivity index (χ3v) is 3.61. The quantitative estimate of drug-likeness (QED) is 0.940. The van der Waals surface area contributed by atoms with Crippen molar-refractivity contribution in [2.45, 2.75) is 32.4 Å². The fraction of sp³-hybridized carbons (Fsp3) is 0.400. The van der Waals surface area contributed by atoms with E-state index < -0.39 is 5.60 Å². The maximum atomic E-state index is 11.0. The second-order valence-corrected chi connectivity index (χ2v) is 5.59. The van der Waals surface area contributed by atoms with Crippen molar-refractivity contribution < 1.29 is 9.84 Å². The van der Waals surface area contributed by atoms with Gasteiger partial charge in [0, 0.05) is 6.04 Å². The second kappa shape index (κ2) is 5.46. The number of nitrogens with zero attached hydrogens (tertiary/aromatic N) is 2. The molecule has 0 aliphatic rings. The zero-order chi connectivity index (χ0) is 14.9. The Morgan fingerprint density at radius 2 is 2.10 bits per heavy atom. The molecule has 1 N–H and O–H groups in total. The van der Waals surface area contributed by atoms with Gasteiger partial charge in [-0.3, -0.25) is 4.68 Å². The van der Waals surface area contributed by atoms with Gasteiger partial charge in [-0.2, -0.15) is 5.10 Å². The van der Waals surface area contributed by atoms with Gasteiger partial charge in [-0.25, -0.2) is 0 Å². The highest BCUT2D eigenvalue weighted by atomic mass is 35.5. The van der Waals surface area contributed by atoms with Gasteiger partial charge >= 0.3 is 0 Å². The van der Waals surface area contributed by atoms with Crippen molar-refractivity contribution in [1.29, 1.82) is 0 Å². The maximum Gasteiger partial charge on any atom is 0.130 e. The van der Waals surface area contributed by atoms with Crippen LogP contribution in [0.5, 0.6) is 5.75 Å². The summed E-state index contributed by atoms with van der Waals surface area (Å²) in [5.41, 5.74) is 0.0513. The van der Waals surface area contributed by atoms with Crippen LogP contribution in [0.4, 0.5) is 0 Å². The lowest BCUT2D eigenvalue weighted by molar-refractivity contribution is 0.0898. The van der Waals surface area contributed by atoms with Crippen LogP contribution >= 0.6 is 11.6 Å². The van der Waals surface area contributed by atoms with E-state index in [0.717, 1.165) is 0 Å². The highest BCUT2D eigenvalue weighted by Crippen LogP contribution is 2.36. The van der Waals surface area contributed by atoms with E-state index in [0.29, 0.717) is 22.0 Å². The molecule has 0 aliphatic carbocycles. The minimum Gasteiger partial charge on any atom is -0.497 e. The van der Waals surface area contributed by atoms with Gasteiger partial charge in [-0.1, -0.05) is 23.7 Å². The van der Waals surface area contributed by atoms with Crippen LogP contribution in [0.2, 0.25) is 5.02 Å². The zero-order valence-electron chi connectivity index (χ0n) is 12.1. The Morgan fingerprint density at radius 3 is 2.70 bits per heavy atom. The minimum absolute atomic E-state index is 0.106. The van der Waals surface area contributed by atoms with E-state index in [9.17, 15) is 5.11 Å². The molecule has 1 aromatic carbocycles. The molecule has 20 heavy (non-hydrogen) atoms. The third kappa shape index (κ3) is 2.53. The van der Waals surface area contributed by atoms with Crippen molar-refractivity contribution in [3.05, 3.63) is 46.7 Å². The van der Waals surface area contributed by atoms with E-state index in [1.165, 1.54) is 0 Å². The monoisotopic (exact) mass is 294 g/mol. The fourth-order valence-electron chi connectivity index (χ4n) is 2.25. The van der Waals surface area contributed by atoms with E-state index in [-0.39, 0.29) is 6.04 Å². The number of halogens is 1. The topological polar surface area (TPSA) is 47.3 Å². The predicted octanol–water partition coefficient (Wildman–Crippen LogP) is 3.38. The summed E-state index contributed by atoms with van der Waals surface area (Å²) in [6.45, 7) is 5.70. The Balaban J connectivity index is 2.56. The van der Waals surface area contributed by atoms with Crippen LogP contribution in [-0.4, -0.2) is 22.0 Å². The molecule has 1 aromatic heterocycles. The van der Waals surface area contributed by atoms with E-state index in [1.54, 1.807) is 31.0 Å². The molecular weight excluding hydrogens is 276 g/mol. The van der Waals surface area contributed by atoms with E-state index in [4.69, 9.17) is 16.3 Å². The normalized spacial score (nSPS) is 14.3. The lowest BCUT2D eigenvalue weighted by Crippen LogP contribution is -2.28. The number of hydrogen-bond donors (Lipinski definition) is 1. The first-order valence-electron chi connectivity index (χ1n) is 6.48. The first kappa shape index (κ1) is 14.9. The molecule has 4 nitrogen and oxygen atoms in total. The smallest absolute Gasteiger partial charge is 0.130 e. The van der Waals surface area contributed by atoms with Crippen molar-refractivity contribution >= 4 is 11.6 Å². The molecule has 0 aliphatic heterocycles. The summed E-state index contributed by atoms with van der Waals surface area (Å²) in [6, 6.07) is 7.42. The van der Waals surface area contributed by atoms with E-state index in [2.05, 4.69) is 5.10 Å². The van der Waals surface area contributed by atoms with Crippen LogP contribution in [0, 0.1) is 0 Å². The molecule has 0 bridgehead atoms. The largest absolute Gasteiger partial charge is 0.497 e. The summed E-state index contributed by atoms with van der Waals surface area (Å²) in [4.78, 5) is 0. The molecule has 1 heterocycles. The highest BCUT2D eigenvalue weighted by Gasteiger charge is 2.33. The first-order valence-corrected chi connectivity index (χ1v) is 6.86. The van der Waals surface area contributed by atoms with E-state index in [1.807, 2.05) is 32.0 Å². The second-order valence-electron chi connectivity index (χ2n) is 5.18. The van der Waals surface area contributed by atoms with Crippen molar-refractivity contribution in [2.24, 2.45) is 0 Å². The van der Waals surface area contributed by atoms with Crippen LogP contribution in [-0.2, 0) is 5.60 Å². The number of rotatable bonds is 4. The van der Waals surface area contributed by atoms with Crippen LogP contribution in [0.3, 0.4) is 0 Å². The van der Waals surface area contributed by atoms with Gasteiger partial charge in [0.05, 0.1) is 24.0 Å². The summed E-state index contributed by atoms with van der Waals surface area (Å²) in [5, 5.41) is 15.7. The lowest BCUT2D eigenvalue weighted by atomic mass is 9.92. The lowest BCUT2D eigenvalue weighted by Gasteiger charge is -2.27. The standard InChI is InChI=1S/C15H19ClN2O2/c1-10(2)18-14(13(16)9-17-18)15(3,19)11-6-5-7-12(8-11)20-4/h5-10,19H,1-4H3. The molecule has 0 radical (unpaired) electrons. The summed E-state index contributed by atoms with van der Waals surface area (Å²) in [7, 11) is 1.60. The SMILES string of the molecule is COc1cccc(C(C)(O)c2c(Cl)cnn2C(C)C)c1. The molecular formula is C15H19ClN2O2. The number of hydrogen-bond acceptors (Lipinski definition) is 3. The summed E-state index contributed by atoms with van der Waals surface area (Å²) in [5.74, 6) is 0.689. The molecule has 0 fully saturated rings. The Morgan fingerprint density at radius 1 is 1.40 bits per heavy atom. The molecule has 2 rings (SSSR count). The molecule has 1 atom stereocenters. The molecule has 0 saturated heterocycles. The third-order valence-electron chi connectivity index (χ3n) is 3.33. The number of aromatic nitrogens is 2. The Labute approximate surface area is 123 Å². The first-order chi connectivity index (χ1) is 9.37. The summed E-state index contributed by atoms with van der Waals surface area (Å²) in [6.07, 6.45) is 1.56. The molecule has 0 amide bonds. The van der Waals surface area contributed by atoms with Gasteiger partial charge in [-0.15, -0.1) is 0 Å². The van der Waals surface area contributed by atoms with Crippen molar-refractivity contribution in [2.75, 3.05) is 7.11 Å². The average Bonchev–Trinajstić information content (AvgIpc) is 2.81. The Hall–Kier alpha value is -1.52. The molecule has 108 valence electrons. The number of benzene rings is 1. The van der Waals surface area contributed by atoms with Gasteiger partial charge in [0.2, 0.25) is 0 Å². The van der Waals surface area contributed by atoms with Crippen LogP contribution in [0.15, 0.2) is 30.5 Å². The van der Waals surface area contributed by atoms with Crippen LogP contribution < -0.4 is 4.74 Å². The Bertz CT molecular complexity index is 606. The van der Waals surface area contributed by atoms with Gasteiger partial charge < -0.3 is 9.84 Å². The molecule has 0 saturated carbocycles. The van der Waals surface area contributed by atoms with Crippen molar-refractivity contribution in [3.63, 3.8) is 0 Å². The van der Waals surface area contributed by atoms with Gasteiger partial charge in [0.25, 0.3) is 0 Å². The summed E-state index contributed by atoms with van der Waals surface area (Å²) < 4.78 is 6.95. The number of methoxy groups -OCH3 is 1. The Kier molecular flexibility index (Phi) is 4.06. The van der Waals surface area contributed by atoms with Gasteiger partial charge in [0.15, 0.2) is 0 Å². The van der Waals surface area contributed by atoms with Gasteiger partial charge in [0.1, 0.15) is 11.4 Å². The molecule has 1 unspecified atom stereocenters. The van der Waals surface area contributed by atoms with Crippen LogP contribution in [0.1, 0.15) is 38.1 Å². The molecule has 5 heteroatoms. The van der Waals surface area contributed by atoms with E-state index >= 15 is 0 Å². The van der Waals surface area contributed by atoms with Crippen LogP contribution in [0.25, 0.3) is 0 Å². The van der Waals surface area contributed by atoms with Crippen molar-refractivity contribution in [3.8, 4) is 5.75 Å². The fourth-order valence-corrected chi connectivity index (χ4v) is 2.57. The zero-order valence-corrected chi connectivity index (χ0v) is 12.8. The molecule has 2 aromatic rings. The predicted molar refractivity (Wildman–Crippen MR) is 79.3 cm³/mol. The summed E-state index contributed by atoms with van der Waals surface area (Å²) >= 11 is 6.22. The average molecular weight is 295 g/mol. The number of aliphatic hydroxyl groups is 1. The minimum atomic E-state index is -1.24. The van der Waals surface area contributed by atoms with Crippen molar-refractivity contribution in [1.82, 2.24) is 9.78 Å². The maximum absolute atomic E-state index is 11.0.